The zero-order chi connectivity index (χ0) is 22.8. The quantitative estimate of drug-likeness (QED) is 0.474. The molecule has 170 valence electrons. The summed E-state index contributed by atoms with van der Waals surface area (Å²) in [6.07, 6.45) is 1.55. The van der Waals surface area contributed by atoms with Crippen LogP contribution in [-0.4, -0.2) is 48.4 Å². The topological polar surface area (TPSA) is 88.8 Å². The van der Waals surface area contributed by atoms with E-state index in [2.05, 4.69) is 10.2 Å². The van der Waals surface area contributed by atoms with E-state index >= 15 is 0 Å². The smallest absolute Gasteiger partial charge is 0.337 e. The van der Waals surface area contributed by atoms with Crippen LogP contribution in [0.1, 0.15) is 47.6 Å². The number of rotatable bonds is 6. The van der Waals surface area contributed by atoms with Crippen molar-refractivity contribution < 1.29 is 4.79 Å². The first-order valence-corrected chi connectivity index (χ1v) is 12.1. The molecule has 4 heterocycles. The van der Waals surface area contributed by atoms with E-state index in [9.17, 15) is 9.59 Å². The van der Waals surface area contributed by atoms with Crippen LogP contribution in [0.3, 0.4) is 0 Å². The van der Waals surface area contributed by atoms with Gasteiger partial charge in [-0.25, -0.2) is 9.48 Å². The van der Waals surface area contributed by atoms with Gasteiger partial charge in [0.15, 0.2) is 5.69 Å². The first kappa shape index (κ1) is 21.4. The van der Waals surface area contributed by atoms with Crippen LogP contribution in [0.4, 0.5) is 0 Å². The summed E-state index contributed by atoms with van der Waals surface area (Å²) in [6.45, 7) is 4.26. The highest BCUT2D eigenvalue weighted by atomic mass is 32.1. The van der Waals surface area contributed by atoms with Crippen molar-refractivity contribution in [3.8, 4) is 10.6 Å². The Hall–Kier alpha value is -3.46. The van der Waals surface area contributed by atoms with Gasteiger partial charge in [0.2, 0.25) is 0 Å². The standard InChI is InChI=1S/C24H26N6O2S/c1-2-29-22(27-30(24(29)32)16-17-7-4-3-5-8-17)18-10-12-28(13-11-18)23(31)20-15-19(25-26-20)21-9-6-14-33-21/h3-9,14-15,18H,2,10-13,16H2,1H3,(H,25,26). The molecule has 3 aromatic heterocycles. The summed E-state index contributed by atoms with van der Waals surface area (Å²) >= 11 is 1.61. The SMILES string of the molecule is CCn1c(C2CCN(C(=O)c3cc(-c4cccs4)[nH]n3)CC2)nn(Cc2ccccc2)c1=O. The van der Waals surface area contributed by atoms with E-state index < -0.39 is 0 Å². The number of H-pyrrole nitrogens is 1. The molecule has 0 bridgehead atoms. The van der Waals surface area contributed by atoms with Gasteiger partial charge in [0.05, 0.1) is 17.1 Å². The molecular weight excluding hydrogens is 436 g/mol. The van der Waals surface area contributed by atoms with E-state index in [1.54, 1.807) is 20.6 Å². The first-order valence-electron chi connectivity index (χ1n) is 11.2. The number of piperidine rings is 1. The summed E-state index contributed by atoms with van der Waals surface area (Å²) in [5, 5.41) is 13.9. The van der Waals surface area contributed by atoms with Gasteiger partial charge in [-0.15, -0.1) is 11.3 Å². The number of aromatic amines is 1. The van der Waals surface area contributed by atoms with E-state index in [4.69, 9.17) is 5.10 Å². The fourth-order valence-electron chi connectivity index (χ4n) is 4.41. The second-order valence-corrected chi connectivity index (χ2v) is 9.19. The van der Waals surface area contributed by atoms with Gasteiger partial charge in [-0.1, -0.05) is 36.4 Å². The number of nitrogens with one attached hydrogen (secondary N) is 1. The van der Waals surface area contributed by atoms with Gasteiger partial charge in [0.1, 0.15) is 5.82 Å². The predicted octanol–water partition coefficient (Wildman–Crippen LogP) is 3.58. The molecule has 1 fully saturated rings. The van der Waals surface area contributed by atoms with Crippen LogP contribution in [0, 0.1) is 0 Å². The Kier molecular flexibility index (Phi) is 5.95. The van der Waals surface area contributed by atoms with Crippen molar-refractivity contribution in [2.24, 2.45) is 0 Å². The fraction of sp³-hybridized carbons (Fsp3) is 0.333. The van der Waals surface area contributed by atoms with E-state index in [1.807, 2.05) is 65.7 Å². The number of nitrogens with zero attached hydrogens (tertiary/aromatic N) is 5. The van der Waals surface area contributed by atoms with Crippen molar-refractivity contribution in [1.29, 1.82) is 0 Å². The van der Waals surface area contributed by atoms with Crippen LogP contribution in [0.2, 0.25) is 0 Å². The maximum absolute atomic E-state index is 13.0. The monoisotopic (exact) mass is 462 g/mol. The van der Waals surface area contributed by atoms with Gasteiger partial charge in [0, 0.05) is 25.6 Å². The van der Waals surface area contributed by atoms with Crippen LogP contribution < -0.4 is 5.69 Å². The number of amides is 1. The Labute approximate surface area is 195 Å². The fourth-order valence-corrected chi connectivity index (χ4v) is 5.10. The molecule has 5 rings (SSSR count). The predicted molar refractivity (Wildman–Crippen MR) is 127 cm³/mol. The largest absolute Gasteiger partial charge is 0.346 e. The Morgan fingerprint density at radius 3 is 2.64 bits per heavy atom. The summed E-state index contributed by atoms with van der Waals surface area (Å²) in [4.78, 5) is 28.8. The molecule has 1 saturated heterocycles. The lowest BCUT2D eigenvalue weighted by Crippen LogP contribution is -2.38. The Morgan fingerprint density at radius 1 is 1.15 bits per heavy atom. The maximum atomic E-state index is 13.0. The highest BCUT2D eigenvalue weighted by Gasteiger charge is 2.29. The van der Waals surface area contributed by atoms with E-state index in [-0.39, 0.29) is 17.5 Å². The van der Waals surface area contributed by atoms with Crippen molar-refractivity contribution in [2.45, 2.75) is 38.8 Å². The lowest BCUT2D eigenvalue weighted by atomic mass is 9.95. The van der Waals surface area contributed by atoms with Gasteiger partial charge in [-0.3, -0.25) is 14.5 Å². The third kappa shape index (κ3) is 4.28. The minimum absolute atomic E-state index is 0.0602. The van der Waals surface area contributed by atoms with Crippen molar-refractivity contribution in [2.75, 3.05) is 13.1 Å². The molecule has 0 radical (unpaired) electrons. The van der Waals surface area contributed by atoms with Gasteiger partial charge >= 0.3 is 5.69 Å². The molecule has 0 aliphatic carbocycles. The highest BCUT2D eigenvalue weighted by Crippen LogP contribution is 2.28. The molecule has 0 atom stereocenters. The molecule has 1 amide bonds. The number of aromatic nitrogens is 5. The second kappa shape index (κ2) is 9.19. The number of likely N-dealkylation sites (tertiary alicyclic amines) is 1. The number of benzene rings is 1. The van der Waals surface area contributed by atoms with Gasteiger partial charge < -0.3 is 4.90 Å². The first-order chi connectivity index (χ1) is 16.1. The van der Waals surface area contributed by atoms with Crippen molar-refractivity contribution in [1.82, 2.24) is 29.4 Å². The summed E-state index contributed by atoms with van der Waals surface area (Å²) in [7, 11) is 0. The Balaban J connectivity index is 1.27. The summed E-state index contributed by atoms with van der Waals surface area (Å²) in [5.41, 5.74) is 2.27. The van der Waals surface area contributed by atoms with Crippen molar-refractivity contribution >= 4 is 17.2 Å². The average molecular weight is 463 g/mol. The van der Waals surface area contributed by atoms with Gasteiger partial charge in [-0.2, -0.15) is 10.2 Å². The Morgan fingerprint density at radius 2 is 1.94 bits per heavy atom. The van der Waals surface area contributed by atoms with Crippen LogP contribution in [0.15, 0.2) is 58.7 Å². The molecule has 0 saturated carbocycles. The highest BCUT2D eigenvalue weighted by molar-refractivity contribution is 7.13. The molecule has 0 unspecified atom stereocenters. The molecule has 0 spiro atoms. The van der Waals surface area contributed by atoms with E-state index in [0.717, 1.165) is 34.8 Å². The number of hydrogen-bond donors (Lipinski definition) is 1. The zero-order valence-corrected chi connectivity index (χ0v) is 19.3. The van der Waals surface area contributed by atoms with E-state index in [0.29, 0.717) is 31.9 Å². The summed E-state index contributed by atoms with van der Waals surface area (Å²) < 4.78 is 3.33. The molecule has 1 aliphatic heterocycles. The normalized spacial score (nSPS) is 14.6. The molecular formula is C24H26N6O2S. The number of thiophene rings is 1. The second-order valence-electron chi connectivity index (χ2n) is 8.24. The maximum Gasteiger partial charge on any atom is 0.346 e. The third-order valence-electron chi connectivity index (χ3n) is 6.17. The lowest BCUT2D eigenvalue weighted by Gasteiger charge is -2.31. The van der Waals surface area contributed by atoms with Gasteiger partial charge in [-0.05, 0) is 42.8 Å². The molecule has 9 heteroatoms. The third-order valence-corrected chi connectivity index (χ3v) is 7.08. The van der Waals surface area contributed by atoms with E-state index in [1.165, 1.54) is 0 Å². The van der Waals surface area contributed by atoms with Crippen LogP contribution in [0.25, 0.3) is 10.6 Å². The summed E-state index contributed by atoms with van der Waals surface area (Å²) in [6, 6.07) is 15.7. The number of carbonyl (C=O) groups is 1. The zero-order valence-electron chi connectivity index (χ0n) is 18.5. The van der Waals surface area contributed by atoms with Gasteiger partial charge in [0.25, 0.3) is 5.91 Å². The molecule has 33 heavy (non-hydrogen) atoms. The average Bonchev–Trinajstić information content (AvgIpc) is 3.60. The minimum Gasteiger partial charge on any atom is -0.337 e. The van der Waals surface area contributed by atoms with Crippen LogP contribution in [-0.2, 0) is 13.1 Å². The molecule has 4 aromatic rings. The number of carbonyl (C=O) groups excluding carboxylic acids is 1. The minimum atomic E-state index is -0.0764. The van der Waals surface area contributed by atoms with Crippen molar-refractivity contribution in [3.05, 3.63) is 81.5 Å². The van der Waals surface area contributed by atoms with Crippen LogP contribution in [0.5, 0.6) is 0 Å². The van der Waals surface area contributed by atoms with Crippen molar-refractivity contribution in [3.63, 3.8) is 0 Å². The molecule has 8 nitrogen and oxygen atoms in total. The molecule has 1 aliphatic rings. The Bertz CT molecular complexity index is 1280. The molecule has 1 aromatic carbocycles. The summed E-state index contributed by atoms with van der Waals surface area (Å²) in [5.74, 6) is 0.917. The lowest BCUT2D eigenvalue weighted by molar-refractivity contribution is 0.0704. The molecule has 1 N–H and O–H groups in total. The number of hydrogen-bond acceptors (Lipinski definition) is 5. The van der Waals surface area contributed by atoms with Crippen LogP contribution >= 0.6 is 11.3 Å².